The summed E-state index contributed by atoms with van der Waals surface area (Å²) in [6.45, 7) is 1.96. The summed E-state index contributed by atoms with van der Waals surface area (Å²) in [6, 6.07) is 12.8. The fraction of sp³-hybridized carbons (Fsp3) is 0.136. The first-order valence-electron chi connectivity index (χ1n) is 9.71. The first-order chi connectivity index (χ1) is 15.8. The molecule has 0 bridgehead atoms. The van der Waals surface area contributed by atoms with Crippen LogP contribution in [0.4, 0.5) is 10.2 Å². The number of hydrogen-bond donors (Lipinski definition) is 1. The van der Waals surface area contributed by atoms with Crippen LogP contribution < -0.4 is 10.1 Å². The predicted octanol–water partition coefficient (Wildman–Crippen LogP) is 5.82. The van der Waals surface area contributed by atoms with Crippen LogP contribution >= 0.6 is 34.8 Å². The van der Waals surface area contributed by atoms with Gasteiger partial charge >= 0.3 is 0 Å². The Bertz CT molecular complexity index is 1300. The topological polar surface area (TPSA) is 74.0 Å². The van der Waals surface area contributed by atoms with Gasteiger partial charge in [-0.2, -0.15) is 10.2 Å². The third kappa shape index (κ3) is 5.30. The summed E-state index contributed by atoms with van der Waals surface area (Å²) >= 11 is 18.2. The summed E-state index contributed by atoms with van der Waals surface area (Å²) in [5.41, 5.74) is 1.21. The van der Waals surface area contributed by atoms with Gasteiger partial charge in [0.2, 0.25) is 0 Å². The molecule has 11 heteroatoms. The first kappa shape index (κ1) is 23.1. The number of ether oxygens (including phenoxy) is 1. The molecule has 33 heavy (non-hydrogen) atoms. The van der Waals surface area contributed by atoms with Crippen LogP contribution in [0.3, 0.4) is 0 Å². The lowest BCUT2D eigenvalue weighted by atomic mass is 10.2. The molecule has 0 aliphatic carbocycles. The van der Waals surface area contributed by atoms with E-state index in [0.717, 1.165) is 5.69 Å². The monoisotopic (exact) mass is 507 g/mol. The van der Waals surface area contributed by atoms with Crippen molar-refractivity contribution in [1.29, 1.82) is 0 Å². The summed E-state index contributed by atoms with van der Waals surface area (Å²) in [5.74, 6) is -0.166. The Hall–Kier alpha value is -3.07. The molecule has 0 radical (unpaired) electrons. The molecule has 0 aliphatic heterocycles. The van der Waals surface area contributed by atoms with E-state index in [4.69, 9.17) is 39.5 Å². The van der Waals surface area contributed by atoms with E-state index in [1.54, 1.807) is 54.2 Å². The van der Waals surface area contributed by atoms with Gasteiger partial charge in [-0.1, -0.05) is 46.9 Å². The SMILES string of the molecule is Cc1cc(NC(=O)c2ccn(COc3cccc(Cl)c3Cl)n2)nn1Cc1c(F)cccc1Cl. The summed E-state index contributed by atoms with van der Waals surface area (Å²) in [5, 5.41) is 12.2. The largest absolute Gasteiger partial charge is 0.470 e. The minimum atomic E-state index is -0.455. The fourth-order valence-electron chi connectivity index (χ4n) is 3.03. The fourth-order valence-corrected chi connectivity index (χ4v) is 3.60. The van der Waals surface area contributed by atoms with Gasteiger partial charge in [-0.25, -0.2) is 9.07 Å². The molecule has 0 aliphatic rings. The minimum absolute atomic E-state index is 0.0322. The van der Waals surface area contributed by atoms with Crippen molar-refractivity contribution < 1.29 is 13.9 Å². The number of halogens is 4. The highest BCUT2D eigenvalue weighted by Crippen LogP contribution is 2.31. The van der Waals surface area contributed by atoms with Crippen molar-refractivity contribution in [3.63, 3.8) is 0 Å². The van der Waals surface area contributed by atoms with Gasteiger partial charge in [0.15, 0.2) is 18.2 Å². The van der Waals surface area contributed by atoms with Crippen molar-refractivity contribution in [1.82, 2.24) is 19.6 Å². The second kappa shape index (κ2) is 9.82. The van der Waals surface area contributed by atoms with E-state index in [1.807, 2.05) is 0 Å². The van der Waals surface area contributed by atoms with E-state index in [2.05, 4.69) is 15.5 Å². The van der Waals surface area contributed by atoms with Gasteiger partial charge in [0.25, 0.3) is 5.91 Å². The van der Waals surface area contributed by atoms with Crippen molar-refractivity contribution in [2.75, 3.05) is 5.32 Å². The molecule has 4 aromatic rings. The standard InChI is InChI=1S/C22H17Cl3FN5O2/c1-13-10-20(29-31(13)11-14-15(23)4-2-6-17(14)26)27-22(32)18-8-9-30(28-18)12-33-19-7-3-5-16(24)21(19)25/h2-10H,11-12H2,1H3,(H,27,29,32). The van der Waals surface area contributed by atoms with Crippen LogP contribution in [0.5, 0.6) is 5.75 Å². The minimum Gasteiger partial charge on any atom is -0.470 e. The maximum absolute atomic E-state index is 14.1. The van der Waals surface area contributed by atoms with Gasteiger partial charge in [-0.05, 0) is 37.3 Å². The Kier molecular flexibility index (Phi) is 6.88. The van der Waals surface area contributed by atoms with E-state index in [-0.39, 0.29) is 19.0 Å². The van der Waals surface area contributed by atoms with Crippen LogP contribution in [0.1, 0.15) is 21.7 Å². The Morgan fingerprint density at radius 1 is 1.09 bits per heavy atom. The zero-order valence-corrected chi connectivity index (χ0v) is 19.5. The molecular weight excluding hydrogens is 492 g/mol. The van der Waals surface area contributed by atoms with E-state index in [9.17, 15) is 9.18 Å². The molecule has 2 aromatic heterocycles. The number of nitrogens with zero attached hydrogens (tertiary/aromatic N) is 4. The van der Waals surface area contributed by atoms with Crippen molar-refractivity contribution in [2.24, 2.45) is 0 Å². The quantitative estimate of drug-likeness (QED) is 0.341. The number of anilines is 1. The number of carbonyl (C=O) groups excluding carboxylic acids is 1. The van der Waals surface area contributed by atoms with Crippen molar-refractivity contribution >= 4 is 46.5 Å². The van der Waals surface area contributed by atoms with E-state index in [1.165, 1.54) is 16.8 Å². The van der Waals surface area contributed by atoms with Crippen LogP contribution in [0.15, 0.2) is 54.7 Å². The molecule has 4 rings (SSSR count). The molecule has 0 saturated carbocycles. The van der Waals surface area contributed by atoms with E-state index >= 15 is 0 Å². The van der Waals surface area contributed by atoms with Gasteiger partial charge in [-0.3, -0.25) is 9.48 Å². The number of aryl methyl sites for hydroxylation is 1. The van der Waals surface area contributed by atoms with E-state index < -0.39 is 11.7 Å². The molecule has 170 valence electrons. The molecule has 1 amide bonds. The molecule has 0 fully saturated rings. The molecule has 0 unspecified atom stereocenters. The van der Waals surface area contributed by atoms with Crippen LogP contribution in [0.2, 0.25) is 15.1 Å². The summed E-state index contributed by atoms with van der Waals surface area (Å²) in [7, 11) is 0. The van der Waals surface area contributed by atoms with Crippen LogP contribution in [0.25, 0.3) is 0 Å². The summed E-state index contributed by atoms with van der Waals surface area (Å²) < 4.78 is 22.7. The Morgan fingerprint density at radius 3 is 2.64 bits per heavy atom. The van der Waals surface area contributed by atoms with Gasteiger partial charge in [0.1, 0.15) is 16.6 Å². The number of carbonyl (C=O) groups is 1. The average Bonchev–Trinajstić information content (AvgIpc) is 3.38. The maximum atomic E-state index is 14.1. The van der Waals surface area contributed by atoms with Crippen LogP contribution in [0, 0.1) is 12.7 Å². The van der Waals surface area contributed by atoms with Gasteiger partial charge in [-0.15, -0.1) is 0 Å². The summed E-state index contributed by atoms with van der Waals surface area (Å²) in [6.07, 6.45) is 1.59. The molecule has 7 nitrogen and oxygen atoms in total. The van der Waals surface area contributed by atoms with Crippen LogP contribution in [-0.2, 0) is 13.3 Å². The highest BCUT2D eigenvalue weighted by atomic mass is 35.5. The van der Waals surface area contributed by atoms with Gasteiger partial charge < -0.3 is 10.1 Å². The maximum Gasteiger partial charge on any atom is 0.277 e. The van der Waals surface area contributed by atoms with Crippen molar-refractivity contribution in [2.45, 2.75) is 20.2 Å². The lowest BCUT2D eigenvalue weighted by Gasteiger charge is -2.08. The number of aromatic nitrogens is 4. The highest BCUT2D eigenvalue weighted by Gasteiger charge is 2.15. The van der Waals surface area contributed by atoms with Crippen LogP contribution in [-0.4, -0.2) is 25.5 Å². The number of rotatable bonds is 7. The molecule has 0 spiro atoms. The molecule has 0 atom stereocenters. The van der Waals surface area contributed by atoms with Gasteiger partial charge in [0.05, 0.1) is 11.6 Å². The van der Waals surface area contributed by atoms with E-state index in [0.29, 0.717) is 32.2 Å². The smallest absolute Gasteiger partial charge is 0.277 e. The Labute approximate surface area is 203 Å². The second-order valence-corrected chi connectivity index (χ2v) is 8.24. The molecular formula is C22H17Cl3FN5O2. The third-order valence-corrected chi connectivity index (χ3v) is 5.89. The zero-order valence-electron chi connectivity index (χ0n) is 17.2. The van der Waals surface area contributed by atoms with Crippen molar-refractivity contribution in [3.05, 3.63) is 92.6 Å². The van der Waals surface area contributed by atoms with Crippen molar-refractivity contribution in [3.8, 4) is 5.75 Å². The lowest BCUT2D eigenvalue weighted by Crippen LogP contribution is -2.15. The zero-order chi connectivity index (χ0) is 23.5. The normalized spacial score (nSPS) is 10.9. The number of hydrogen-bond acceptors (Lipinski definition) is 4. The van der Waals surface area contributed by atoms with Gasteiger partial charge in [0, 0.05) is 28.5 Å². The Balaban J connectivity index is 1.40. The molecule has 0 saturated heterocycles. The second-order valence-electron chi connectivity index (χ2n) is 7.05. The molecule has 1 N–H and O–H groups in total. The predicted molar refractivity (Wildman–Crippen MR) is 125 cm³/mol. The number of benzene rings is 2. The first-order valence-corrected chi connectivity index (χ1v) is 10.8. The molecule has 2 heterocycles. The number of amides is 1. The summed E-state index contributed by atoms with van der Waals surface area (Å²) in [4.78, 5) is 12.6. The lowest BCUT2D eigenvalue weighted by molar-refractivity contribution is 0.101. The molecule has 2 aromatic carbocycles. The average molecular weight is 509 g/mol. The highest BCUT2D eigenvalue weighted by molar-refractivity contribution is 6.42. The Morgan fingerprint density at radius 2 is 1.85 bits per heavy atom. The third-order valence-electron chi connectivity index (χ3n) is 4.73. The number of nitrogens with one attached hydrogen (secondary N) is 1.